The Morgan fingerprint density at radius 2 is 2.33 bits per heavy atom. The maximum absolute atomic E-state index is 13.5. The summed E-state index contributed by atoms with van der Waals surface area (Å²) < 4.78 is 13.5. The topological polar surface area (TPSA) is 32.7 Å². The molecule has 0 heterocycles. The van der Waals surface area contributed by atoms with Crippen LogP contribution in [0.3, 0.4) is 0 Å². The van der Waals surface area contributed by atoms with Crippen molar-refractivity contribution in [2.75, 3.05) is 6.54 Å². The molecule has 1 aromatic rings. The first-order chi connectivity index (χ1) is 8.56. The van der Waals surface area contributed by atoms with E-state index in [1.54, 1.807) is 12.1 Å². The molecule has 0 saturated heterocycles. The van der Waals surface area contributed by atoms with Crippen molar-refractivity contribution in [2.24, 2.45) is 5.10 Å². The molecule has 1 rings (SSSR count). The van der Waals surface area contributed by atoms with Crippen molar-refractivity contribution >= 4 is 23.7 Å². The van der Waals surface area contributed by atoms with Gasteiger partial charge >= 0.3 is 0 Å². The first-order valence-electron chi connectivity index (χ1n) is 5.43. The van der Waals surface area contributed by atoms with Gasteiger partial charge < -0.3 is 0 Å². The molecule has 0 aromatic heterocycles. The van der Waals surface area contributed by atoms with E-state index in [0.717, 1.165) is 0 Å². The van der Waals surface area contributed by atoms with E-state index in [1.165, 1.54) is 30.3 Å². The van der Waals surface area contributed by atoms with Crippen LogP contribution < -0.4 is 0 Å². The Balaban J connectivity index is 2.88. The lowest BCUT2D eigenvalue weighted by molar-refractivity contribution is -0.128. The first-order valence-corrected chi connectivity index (χ1v) is 5.81. The van der Waals surface area contributed by atoms with Crippen molar-refractivity contribution in [3.63, 3.8) is 0 Å². The Morgan fingerprint density at radius 1 is 1.61 bits per heavy atom. The minimum atomic E-state index is -0.474. The molecule has 0 atom stereocenters. The average Bonchev–Trinajstić information content (AvgIpc) is 2.31. The Bertz CT molecular complexity index is 454. The van der Waals surface area contributed by atoms with Gasteiger partial charge in [0, 0.05) is 19.0 Å². The second-order valence-electron chi connectivity index (χ2n) is 3.60. The first kappa shape index (κ1) is 14.4. The third-order valence-corrected chi connectivity index (χ3v) is 2.56. The normalized spacial score (nSPS) is 10.6. The summed E-state index contributed by atoms with van der Waals surface area (Å²) in [6.07, 6.45) is 3.55. The van der Waals surface area contributed by atoms with Crippen molar-refractivity contribution < 1.29 is 9.18 Å². The number of amides is 1. The Morgan fingerprint density at radius 3 is 2.89 bits per heavy atom. The summed E-state index contributed by atoms with van der Waals surface area (Å²) in [5.74, 6) is -0.695. The Labute approximate surface area is 111 Å². The van der Waals surface area contributed by atoms with Crippen molar-refractivity contribution in [1.82, 2.24) is 5.01 Å². The van der Waals surface area contributed by atoms with Gasteiger partial charge in [0.05, 0.1) is 11.2 Å². The molecule has 5 heteroatoms. The molecule has 0 bridgehead atoms. The fourth-order valence-corrected chi connectivity index (χ4v) is 1.48. The van der Waals surface area contributed by atoms with E-state index in [4.69, 9.17) is 11.6 Å². The third kappa shape index (κ3) is 3.96. The molecule has 96 valence electrons. The summed E-state index contributed by atoms with van der Waals surface area (Å²) in [5, 5.41) is 5.44. The molecule has 0 saturated carbocycles. The Hall–Kier alpha value is -1.68. The summed E-state index contributed by atoms with van der Waals surface area (Å²) >= 11 is 5.85. The number of nitrogens with zero attached hydrogens (tertiary/aromatic N) is 2. The van der Waals surface area contributed by atoms with Crippen molar-refractivity contribution in [3.05, 3.63) is 47.3 Å². The van der Waals surface area contributed by atoms with Gasteiger partial charge in [0.25, 0.3) is 0 Å². The summed E-state index contributed by atoms with van der Waals surface area (Å²) in [5.41, 5.74) is 0.170. The highest BCUT2D eigenvalue weighted by molar-refractivity contribution is 6.33. The molecule has 1 amide bonds. The number of hydrogen-bond donors (Lipinski definition) is 0. The number of halogens is 2. The monoisotopic (exact) mass is 268 g/mol. The minimum absolute atomic E-state index is 0.170. The number of rotatable bonds is 5. The van der Waals surface area contributed by atoms with Crippen LogP contribution in [0.2, 0.25) is 5.02 Å². The molecule has 0 aliphatic carbocycles. The summed E-state index contributed by atoms with van der Waals surface area (Å²) in [7, 11) is 0. The molecular weight excluding hydrogens is 255 g/mol. The summed E-state index contributed by atoms with van der Waals surface area (Å²) in [4.78, 5) is 11.3. The smallest absolute Gasteiger partial charge is 0.239 e. The average molecular weight is 269 g/mol. The fourth-order valence-electron chi connectivity index (χ4n) is 1.27. The quantitative estimate of drug-likeness (QED) is 0.458. The van der Waals surface area contributed by atoms with Crippen LogP contribution in [-0.4, -0.2) is 23.7 Å². The predicted molar refractivity (Wildman–Crippen MR) is 71.2 cm³/mol. The van der Waals surface area contributed by atoms with E-state index in [9.17, 15) is 9.18 Å². The van der Waals surface area contributed by atoms with Gasteiger partial charge in [0.2, 0.25) is 5.91 Å². The van der Waals surface area contributed by atoms with Gasteiger partial charge in [-0.2, -0.15) is 5.10 Å². The number of hydrogen-bond acceptors (Lipinski definition) is 2. The van der Waals surface area contributed by atoms with E-state index in [0.29, 0.717) is 13.0 Å². The third-order valence-electron chi connectivity index (χ3n) is 2.23. The van der Waals surface area contributed by atoms with Crippen molar-refractivity contribution in [2.45, 2.75) is 13.3 Å². The number of hydrazone groups is 1. The van der Waals surface area contributed by atoms with Crippen LogP contribution in [0.15, 0.2) is 36.0 Å². The standard InChI is InChI=1S/C13H14ClFN2O/c1-3-4-8-17(10(2)18)16-9-11-12(14)6-5-7-13(11)15/h3,5-7,9H,1,4,8H2,2H3. The molecule has 3 nitrogen and oxygen atoms in total. The van der Waals surface area contributed by atoms with E-state index >= 15 is 0 Å². The van der Waals surface area contributed by atoms with E-state index < -0.39 is 5.82 Å². The molecule has 18 heavy (non-hydrogen) atoms. The van der Waals surface area contributed by atoms with Gasteiger partial charge in [0.1, 0.15) is 5.82 Å². The molecule has 0 radical (unpaired) electrons. The molecule has 0 unspecified atom stereocenters. The molecule has 0 fully saturated rings. The second kappa shape index (κ2) is 6.91. The number of carbonyl (C=O) groups excluding carboxylic acids is 1. The molecule has 0 N–H and O–H groups in total. The van der Waals surface area contributed by atoms with Gasteiger partial charge in [-0.25, -0.2) is 9.40 Å². The highest BCUT2D eigenvalue weighted by Gasteiger charge is 2.07. The van der Waals surface area contributed by atoms with Gasteiger partial charge in [0.15, 0.2) is 0 Å². The summed E-state index contributed by atoms with van der Waals surface area (Å²) in [6.45, 7) is 5.36. The van der Waals surface area contributed by atoms with Gasteiger partial charge in [-0.3, -0.25) is 4.79 Å². The van der Waals surface area contributed by atoms with Gasteiger partial charge in [-0.15, -0.1) is 6.58 Å². The maximum atomic E-state index is 13.5. The van der Waals surface area contributed by atoms with Crippen LogP contribution in [0.1, 0.15) is 18.9 Å². The molecular formula is C13H14ClFN2O. The minimum Gasteiger partial charge on any atom is -0.273 e. The lowest BCUT2D eigenvalue weighted by Gasteiger charge is -2.13. The summed E-state index contributed by atoms with van der Waals surface area (Å²) in [6, 6.07) is 4.36. The molecule has 0 aliphatic heterocycles. The van der Waals surface area contributed by atoms with E-state index in [2.05, 4.69) is 11.7 Å². The lowest BCUT2D eigenvalue weighted by atomic mass is 10.2. The van der Waals surface area contributed by atoms with Crippen LogP contribution in [0, 0.1) is 5.82 Å². The highest BCUT2D eigenvalue weighted by Crippen LogP contribution is 2.16. The molecule has 1 aromatic carbocycles. The van der Waals surface area contributed by atoms with Gasteiger partial charge in [-0.05, 0) is 18.6 Å². The van der Waals surface area contributed by atoms with Crippen LogP contribution in [0.25, 0.3) is 0 Å². The second-order valence-corrected chi connectivity index (χ2v) is 4.01. The fraction of sp³-hybridized carbons (Fsp3) is 0.231. The predicted octanol–water partition coefficient (Wildman–Crippen LogP) is 3.24. The largest absolute Gasteiger partial charge is 0.273 e. The SMILES string of the molecule is C=CCCN(N=Cc1c(F)cccc1Cl)C(C)=O. The number of benzene rings is 1. The zero-order valence-corrected chi connectivity index (χ0v) is 10.8. The van der Waals surface area contributed by atoms with Crippen LogP contribution in [0.4, 0.5) is 4.39 Å². The zero-order valence-electron chi connectivity index (χ0n) is 10.1. The Kier molecular flexibility index (Phi) is 5.52. The van der Waals surface area contributed by atoms with E-state index in [-0.39, 0.29) is 16.5 Å². The molecule has 0 spiro atoms. The van der Waals surface area contributed by atoms with Crippen molar-refractivity contribution in [3.8, 4) is 0 Å². The van der Waals surface area contributed by atoms with Crippen LogP contribution >= 0.6 is 11.6 Å². The number of carbonyl (C=O) groups is 1. The molecule has 0 aliphatic rings. The lowest BCUT2D eigenvalue weighted by Crippen LogP contribution is -2.24. The van der Waals surface area contributed by atoms with Crippen LogP contribution in [0.5, 0.6) is 0 Å². The van der Waals surface area contributed by atoms with Crippen LogP contribution in [-0.2, 0) is 4.79 Å². The maximum Gasteiger partial charge on any atom is 0.239 e. The van der Waals surface area contributed by atoms with E-state index in [1.807, 2.05) is 0 Å². The zero-order chi connectivity index (χ0) is 13.5. The van der Waals surface area contributed by atoms with Gasteiger partial charge in [-0.1, -0.05) is 23.7 Å². The highest BCUT2D eigenvalue weighted by atomic mass is 35.5. The van der Waals surface area contributed by atoms with Crippen molar-refractivity contribution in [1.29, 1.82) is 0 Å².